The van der Waals surface area contributed by atoms with Crippen LogP contribution in [0.4, 0.5) is 11.4 Å². The summed E-state index contributed by atoms with van der Waals surface area (Å²) in [5, 5.41) is 3.57. The zero-order chi connectivity index (χ0) is 29.3. The largest absolute Gasteiger partial charge is 0.493 e. The lowest BCUT2D eigenvalue weighted by atomic mass is 9.73. The molecule has 0 bridgehead atoms. The second-order valence-corrected chi connectivity index (χ2v) is 11.6. The van der Waals surface area contributed by atoms with E-state index in [1.807, 2.05) is 103 Å². The Labute approximate surface area is 246 Å². The van der Waals surface area contributed by atoms with Gasteiger partial charge in [-0.1, -0.05) is 80.6 Å². The molecular weight excluding hydrogens is 524 g/mol. The summed E-state index contributed by atoms with van der Waals surface area (Å²) < 4.78 is 11.9. The zero-order valence-corrected chi connectivity index (χ0v) is 24.1. The fourth-order valence-corrected chi connectivity index (χ4v) is 5.95. The first-order chi connectivity index (χ1) is 20.3. The third-order valence-corrected chi connectivity index (χ3v) is 7.88. The van der Waals surface area contributed by atoms with Crippen molar-refractivity contribution < 1.29 is 19.1 Å². The third kappa shape index (κ3) is 5.28. The van der Waals surface area contributed by atoms with Crippen LogP contribution < -0.4 is 19.7 Å². The summed E-state index contributed by atoms with van der Waals surface area (Å²) in [6.45, 7) is 4.60. The number of Topliss-reactive ketones (excluding diaryl/α,β-unsaturated/α-hetero) is 1. The Bertz CT molecular complexity index is 1660. The minimum atomic E-state index is -0.676. The molecule has 1 aliphatic heterocycles. The van der Waals surface area contributed by atoms with Gasteiger partial charge in [0.25, 0.3) is 5.91 Å². The van der Waals surface area contributed by atoms with Gasteiger partial charge in [-0.2, -0.15) is 0 Å². The molecule has 1 heterocycles. The van der Waals surface area contributed by atoms with Gasteiger partial charge in [0, 0.05) is 23.3 Å². The van der Waals surface area contributed by atoms with Crippen LogP contribution in [0.1, 0.15) is 54.2 Å². The molecule has 6 heteroatoms. The number of fused-ring (bicyclic) bond motifs is 1. The predicted octanol–water partition coefficient (Wildman–Crippen LogP) is 7.73. The average molecular weight is 559 g/mol. The lowest BCUT2D eigenvalue weighted by molar-refractivity contribution is -0.118. The number of anilines is 2. The first-order valence-corrected chi connectivity index (χ1v) is 14.2. The number of ketones is 1. The monoisotopic (exact) mass is 558 g/mol. The van der Waals surface area contributed by atoms with E-state index in [0.717, 1.165) is 22.5 Å². The number of hydrogen-bond acceptors (Lipinski definition) is 5. The van der Waals surface area contributed by atoms with Gasteiger partial charge >= 0.3 is 0 Å². The maximum Gasteiger partial charge on any atom is 0.259 e. The molecule has 0 spiro atoms. The molecule has 4 aromatic rings. The topological polar surface area (TPSA) is 67.9 Å². The van der Waals surface area contributed by atoms with Crippen LogP contribution in [0.15, 0.2) is 114 Å². The minimum absolute atomic E-state index is 0.0285. The highest BCUT2D eigenvalue weighted by molar-refractivity contribution is 6.12. The summed E-state index contributed by atoms with van der Waals surface area (Å²) in [5.74, 6) is 0.959. The number of nitrogens with zero attached hydrogens (tertiary/aromatic N) is 1. The highest BCUT2D eigenvalue weighted by Gasteiger charge is 2.43. The first-order valence-electron chi connectivity index (χ1n) is 14.2. The van der Waals surface area contributed by atoms with Crippen molar-refractivity contribution in [3.8, 4) is 11.5 Å². The van der Waals surface area contributed by atoms with Crippen LogP contribution in [-0.4, -0.2) is 18.8 Å². The maximum atomic E-state index is 14.4. The Morgan fingerprint density at radius 2 is 1.57 bits per heavy atom. The number of methoxy groups -OCH3 is 1. The number of benzene rings is 4. The van der Waals surface area contributed by atoms with Gasteiger partial charge in [-0.05, 0) is 59.4 Å². The number of ether oxygens (including phenoxy) is 2. The molecule has 0 saturated heterocycles. The number of para-hydroxylation sites is 2. The first kappa shape index (κ1) is 27.3. The Morgan fingerprint density at radius 3 is 2.31 bits per heavy atom. The Kier molecular flexibility index (Phi) is 7.29. The fraction of sp³-hybridized carbons (Fsp3) is 0.222. The van der Waals surface area contributed by atoms with Crippen molar-refractivity contribution in [1.82, 2.24) is 0 Å². The molecule has 0 unspecified atom stereocenters. The molecule has 1 amide bonds. The van der Waals surface area contributed by atoms with E-state index >= 15 is 0 Å². The Morgan fingerprint density at radius 1 is 0.881 bits per heavy atom. The second kappa shape index (κ2) is 11.2. The van der Waals surface area contributed by atoms with Crippen molar-refractivity contribution in [3.05, 3.63) is 131 Å². The lowest BCUT2D eigenvalue weighted by Gasteiger charge is -2.37. The Hall–Kier alpha value is -4.84. The van der Waals surface area contributed by atoms with Crippen LogP contribution in [0.3, 0.4) is 0 Å². The van der Waals surface area contributed by atoms with Crippen LogP contribution in [0, 0.1) is 5.41 Å². The summed E-state index contributed by atoms with van der Waals surface area (Å²) >= 11 is 0. The summed E-state index contributed by atoms with van der Waals surface area (Å²) in [7, 11) is 1.60. The molecule has 6 nitrogen and oxygen atoms in total. The number of amides is 1. The van der Waals surface area contributed by atoms with E-state index in [2.05, 4.69) is 19.2 Å². The van der Waals surface area contributed by atoms with Crippen molar-refractivity contribution >= 4 is 23.1 Å². The van der Waals surface area contributed by atoms with E-state index < -0.39 is 6.04 Å². The molecule has 1 N–H and O–H groups in total. The van der Waals surface area contributed by atoms with Gasteiger partial charge < -0.3 is 14.8 Å². The average Bonchev–Trinajstić information content (AvgIpc) is 3.14. The van der Waals surface area contributed by atoms with Crippen molar-refractivity contribution in [3.63, 3.8) is 0 Å². The summed E-state index contributed by atoms with van der Waals surface area (Å²) in [4.78, 5) is 30.2. The molecule has 2 aliphatic rings. The van der Waals surface area contributed by atoms with Crippen LogP contribution in [0.2, 0.25) is 0 Å². The molecule has 0 aromatic heterocycles. The molecule has 0 fully saturated rings. The molecular formula is C36H34N2O4. The SMILES string of the molecule is COc1cc([C@H]2C3=C(CC(C)(C)CC3=O)Nc3ccccc3N2C(=O)c2ccccc2)ccc1OCc1ccccc1. The van der Waals surface area contributed by atoms with E-state index in [1.165, 1.54) is 0 Å². The summed E-state index contributed by atoms with van der Waals surface area (Å²) in [5.41, 5.74) is 5.09. The molecule has 6 rings (SSSR count). The van der Waals surface area contributed by atoms with Crippen molar-refractivity contribution in [2.45, 2.75) is 39.3 Å². The summed E-state index contributed by atoms with van der Waals surface area (Å²) in [6.07, 6.45) is 1.07. The number of nitrogens with one attached hydrogen (secondary N) is 1. The maximum absolute atomic E-state index is 14.4. The van der Waals surface area contributed by atoms with Crippen molar-refractivity contribution in [1.29, 1.82) is 0 Å². The van der Waals surface area contributed by atoms with E-state index in [0.29, 0.717) is 47.8 Å². The zero-order valence-electron chi connectivity index (χ0n) is 24.1. The van der Waals surface area contributed by atoms with Gasteiger partial charge in [-0.15, -0.1) is 0 Å². The van der Waals surface area contributed by atoms with Gasteiger partial charge in [-0.3, -0.25) is 14.5 Å². The van der Waals surface area contributed by atoms with Gasteiger partial charge in [0.05, 0.1) is 24.5 Å². The Balaban J connectivity index is 1.51. The highest BCUT2D eigenvalue weighted by Crippen LogP contribution is 2.49. The molecule has 1 atom stereocenters. The molecule has 42 heavy (non-hydrogen) atoms. The quantitative estimate of drug-likeness (QED) is 0.262. The van der Waals surface area contributed by atoms with E-state index in [9.17, 15) is 9.59 Å². The van der Waals surface area contributed by atoms with Crippen LogP contribution in [0.25, 0.3) is 0 Å². The van der Waals surface area contributed by atoms with Gasteiger partial charge in [0.1, 0.15) is 6.61 Å². The van der Waals surface area contributed by atoms with Crippen LogP contribution in [0.5, 0.6) is 11.5 Å². The molecule has 4 aromatic carbocycles. The smallest absolute Gasteiger partial charge is 0.259 e. The van der Waals surface area contributed by atoms with E-state index in [-0.39, 0.29) is 17.1 Å². The number of allylic oxidation sites excluding steroid dienone is 1. The van der Waals surface area contributed by atoms with E-state index in [1.54, 1.807) is 12.0 Å². The fourth-order valence-electron chi connectivity index (χ4n) is 5.95. The third-order valence-electron chi connectivity index (χ3n) is 7.88. The molecule has 1 aliphatic carbocycles. The number of rotatable bonds is 6. The van der Waals surface area contributed by atoms with Gasteiger partial charge in [-0.25, -0.2) is 0 Å². The normalized spacial score (nSPS) is 17.5. The molecule has 0 saturated carbocycles. The van der Waals surface area contributed by atoms with Crippen molar-refractivity contribution in [2.24, 2.45) is 5.41 Å². The highest BCUT2D eigenvalue weighted by atomic mass is 16.5. The summed E-state index contributed by atoms with van der Waals surface area (Å²) in [6, 6.07) is 31.9. The van der Waals surface area contributed by atoms with Crippen molar-refractivity contribution in [2.75, 3.05) is 17.3 Å². The lowest BCUT2D eigenvalue weighted by Crippen LogP contribution is -2.39. The number of hydrogen-bond donors (Lipinski definition) is 1. The minimum Gasteiger partial charge on any atom is -0.493 e. The van der Waals surface area contributed by atoms with Crippen LogP contribution in [-0.2, 0) is 11.4 Å². The predicted molar refractivity (Wildman–Crippen MR) is 165 cm³/mol. The van der Waals surface area contributed by atoms with Gasteiger partial charge in [0.2, 0.25) is 0 Å². The second-order valence-electron chi connectivity index (χ2n) is 11.6. The number of carbonyl (C=O) groups is 2. The molecule has 0 radical (unpaired) electrons. The van der Waals surface area contributed by atoms with Gasteiger partial charge in [0.15, 0.2) is 17.3 Å². The van der Waals surface area contributed by atoms with E-state index in [4.69, 9.17) is 9.47 Å². The van der Waals surface area contributed by atoms with Crippen LogP contribution >= 0.6 is 0 Å². The standard InChI is InChI=1S/C36H34N2O4/c1-36(2)21-28-33(30(39)22-36)34(26-18-19-31(32(20-26)41-3)42-23-24-12-6-4-7-13-24)38(29-17-11-10-16-27(29)37-28)35(40)25-14-8-5-9-15-25/h4-20,34,37H,21-23H2,1-3H3/t34-/m0/s1. The molecule has 212 valence electrons. The number of carbonyl (C=O) groups excluding carboxylic acids is 2.